The summed E-state index contributed by atoms with van der Waals surface area (Å²) in [6.07, 6.45) is 3.54. The smallest absolute Gasteiger partial charge is 0.332 e. The molecule has 1 aromatic carbocycles. The van der Waals surface area contributed by atoms with Gasteiger partial charge in [-0.2, -0.15) is 5.26 Å². The highest BCUT2D eigenvalue weighted by Crippen LogP contribution is 2.37. The van der Waals surface area contributed by atoms with Crippen molar-refractivity contribution >= 4 is 35.0 Å². The van der Waals surface area contributed by atoms with E-state index in [-0.39, 0.29) is 17.1 Å². The molecule has 1 aliphatic carbocycles. The minimum atomic E-state index is -0.746. The Balaban J connectivity index is 1.77. The average Bonchev–Trinajstić information content (AvgIpc) is 2.84. The van der Waals surface area contributed by atoms with Gasteiger partial charge in [0.2, 0.25) is 0 Å². The van der Waals surface area contributed by atoms with E-state index in [0.717, 1.165) is 69.0 Å². The van der Waals surface area contributed by atoms with Gasteiger partial charge < -0.3 is 5.73 Å². The Hall–Kier alpha value is -3.35. The molecule has 0 unspecified atom stereocenters. The highest BCUT2D eigenvalue weighted by Gasteiger charge is 2.25. The summed E-state index contributed by atoms with van der Waals surface area (Å²) < 4.78 is 1.91. The summed E-state index contributed by atoms with van der Waals surface area (Å²) in [7, 11) is 2.70. The number of rotatable bonds is 5. The molecule has 0 saturated carbocycles. The highest BCUT2D eigenvalue weighted by atomic mass is 35.5. The van der Waals surface area contributed by atoms with Crippen LogP contribution in [0.1, 0.15) is 39.9 Å². The largest absolute Gasteiger partial charge is 0.384 e. The fourth-order valence-electron chi connectivity index (χ4n) is 4.22. The van der Waals surface area contributed by atoms with E-state index in [1.807, 2.05) is 18.2 Å². The second-order valence-corrected chi connectivity index (χ2v) is 9.51. The van der Waals surface area contributed by atoms with Crippen molar-refractivity contribution < 1.29 is 4.79 Å². The topological polar surface area (TPSA) is 124 Å². The monoisotopic (exact) mass is 495 g/mol. The molecule has 2 heterocycles. The van der Waals surface area contributed by atoms with Crippen LogP contribution in [0.2, 0.25) is 5.02 Å². The molecule has 0 spiro atoms. The number of carbonyl (C=O) groups excluding carboxylic acids is 1. The Morgan fingerprint density at radius 1 is 1.21 bits per heavy atom. The van der Waals surface area contributed by atoms with Gasteiger partial charge in [0.15, 0.2) is 5.78 Å². The van der Waals surface area contributed by atoms with E-state index in [0.29, 0.717) is 15.6 Å². The zero-order valence-electron chi connectivity index (χ0n) is 18.7. The number of Topliss-reactive ketones (excluding diaryl/α,β-unsaturated/α-hetero) is 1. The number of hydrogen-bond donors (Lipinski definition) is 1. The van der Waals surface area contributed by atoms with Crippen LogP contribution in [0, 0.1) is 11.3 Å². The average molecular weight is 496 g/mol. The maximum absolute atomic E-state index is 13.0. The number of fused-ring (bicyclic) bond motifs is 1. The second-order valence-electron chi connectivity index (χ2n) is 8.10. The van der Waals surface area contributed by atoms with Crippen molar-refractivity contribution in [3.05, 3.63) is 72.4 Å². The predicted molar refractivity (Wildman–Crippen MR) is 132 cm³/mol. The molecule has 0 bridgehead atoms. The van der Waals surface area contributed by atoms with Crippen molar-refractivity contribution in [2.75, 3.05) is 11.5 Å². The second kappa shape index (κ2) is 9.49. The lowest BCUT2D eigenvalue weighted by Crippen LogP contribution is -2.41. The standard InChI is InChI=1S/C24H22ClN5O3S/c1-29-21(27)19(23(32)30(2)24(29)33)18(31)12-34-22-17(11-26)15-8-3-4-9-16(15)20(28-22)13-6-5-7-14(25)10-13/h5-7,10H,3-4,8-9,12,27H2,1-2H3. The minimum Gasteiger partial charge on any atom is -0.384 e. The van der Waals surface area contributed by atoms with Gasteiger partial charge in [-0.15, -0.1) is 0 Å². The Kier molecular flexibility index (Phi) is 6.64. The molecule has 4 rings (SSSR count). The van der Waals surface area contributed by atoms with Gasteiger partial charge in [0.1, 0.15) is 22.5 Å². The first-order chi connectivity index (χ1) is 16.2. The summed E-state index contributed by atoms with van der Waals surface area (Å²) in [6, 6.07) is 9.66. The van der Waals surface area contributed by atoms with Crippen molar-refractivity contribution in [3.8, 4) is 17.3 Å². The number of benzene rings is 1. The van der Waals surface area contributed by atoms with Crippen LogP contribution in [0.15, 0.2) is 38.9 Å². The normalized spacial score (nSPS) is 12.8. The van der Waals surface area contributed by atoms with Gasteiger partial charge in [-0.05, 0) is 48.9 Å². The molecule has 8 nitrogen and oxygen atoms in total. The molecular formula is C24H22ClN5O3S. The molecule has 0 radical (unpaired) electrons. The number of carbonyl (C=O) groups is 1. The molecule has 3 aromatic rings. The number of nitrogen functional groups attached to an aromatic ring is 1. The minimum absolute atomic E-state index is 0.160. The molecule has 10 heteroatoms. The first-order valence-electron chi connectivity index (χ1n) is 10.7. The number of aromatic nitrogens is 3. The van der Waals surface area contributed by atoms with Gasteiger partial charge in [0.05, 0.1) is 17.0 Å². The van der Waals surface area contributed by atoms with E-state index >= 15 is 0 Å². The summed E-state index contributed by atoms with van der Waals surface area (Å²) >= 11 is 7.30. The third-order valence-corrected chi connectivity index (χ3v) is 7.23. The Morgan fingerprint density at radius 2 is 1.91 bits per heavy atom. The van der Waals surface area contributed by atoms with Crippen molar-refractivity contribution in [1.29, 1.82) is 5.26 Å². The van der Waals surface area contributed by atoms with Crippen LogP contribution in [0.3, 0.4) is 0 Å². The van der Waals surface area contributed by atoms with E-state index < -0.39 is 17.0 Å². The number of anilines is 1. The Labute approximate surface area is 205 Å². The molecule has 174 valence electrons. The number of halogens is 1. The van der Waals surface area contributed by atoms with Crippen LogP contribution >= 0.6 is 23.4 Å². The van der Waals surface area contributed by atoms with Gasteiger partial charge in [-0.1, -0.05) is 35.5 Å². The maximum atomic E-state index is 13.0. The number of ketones is 1. The SMILES string of the molecule is Cn1c(N)c(C(=O)CSc2nc(-c3cccc(Cl)c3)c3c(c2C#N)CCCC3)c(=O)n(C)c1=O. The van der Waals surface area contributed by atoms with Crippen LogP contribution in [-0.4, -0.2) is 25.7 Å². The molecular weight excluding hydrogens is 474 g/mol. The quantitative estimate of drug-likeness (QED) is 0.426. The predicted octanol–water partition coefficient (Wildman–Crippen LogP) is 3.11. The van der Waals surface area contributed by atoms with Gasteiger partial charge in [-0.3, -0.25) is 18.7 Å². The van der Waals surface area contributed by atoms with Crippen LogP contribution in [0.5, 0.6) is 0 Å². The fourth-order valence-corrected chi connectivity index (χ4v) is 5.29. The van der Waals surface area contributed by atoms with Crippen LogP contribution in [-0.2, 0) is 26.9 Å². The van der Waals surface area contributed by atoms with Crippen molar-refractivity contribution in [3.63, 3.8) is 0 Å². The highest BCUT2D eigenvalue weighted by molar-refractivity contribution is 8.00. The number of nitrogens with zero attached hydrogens (tertiary/aromatic N) is 4. The lowest BCUT2D eigenvalue weighted by atomic mass is 9.86. The number of pyridine rings is 1. The summed E-state index contributed by atoms with van der Waals surface area (Å²) in [5, 5.41) is 10.9. The van der Waals surface area contributed by atoms with E-state index in [4.69, 9.17) is 22.3 Å². The molecule has 0 amide bonds. The summed E-state index contributed by atoms with van der Waals surface area (Å²) in [5.74, 6) is -0.878. The van der Waals surface area contributed by atoms with Gasteiger partial charge >= 0.3 is 5.69 Å². The molecule has 2 N–H and O–H groups in total. The molecule has 0 aliphatic heterocycles. The molecule has 2 aromatic heterocycles. The summed E-state index contributed by atoms with van der Waals surface area (Å²) in [4.78, 5) is 42.4. The Morgan fingerprint density at radius 3 is 2.59 bits per heavy atom. The van der Waals surface area contributed by atoms with Gasteiger partial charge in [0, 0.05) is 24.7 Å². The van der Waals surface area contributed by atoms with E-state index in [1.165, 1.54) is 14.1 Å². The van der Waals surface area contributed by atoms with E-state index in [2.05, 4.69) is 6.07 Å². The number of thioether (sulfide) groups is 1. The van der Waals surface area contributed by atoms with Crippen LogP contribution in [0.25, 0.3) is 11.3 Å². The molecule has 1 aliphatic rings. The number of hydrogen-bond acceptors (Lipinski definition) is 7. The molecule has 34 heavy (non-hydrogen) atoms. The number of nitrogens with two attached hydrogens (primary N) is 1. The maximum Gasteiger partial charge on any atom is 0.332 e. The van der Waals surface area contributed by atoms with Crippen LogP contribution < -0.4 is 17.0 Å². The zero-order chi connectivity index (χ0) is 24.6. The van der Waals surface area contributed by atoms with E-state index in [9.17, 15) is 19.6 Å². The molecule has 0 fully saturated rings. The third-order valence-electron chi connectivity index (χ3n) is 6.02. The number of nitriles is 1. The zero-order valence-corrected chi connectivity index (χ0v) is 20.3. The van der Waals surface area contributed by atoms with Gasteiger partial charge in [0.25, 0.3) is 5.56 Å². The Bertz CT molecular complexity index is 1490. The van der Waals surface area contributed by atoms with E-state index in [1.54, 1.807) is 6.07 Å². The lowest BCUT2D eigenvalue weighted by molar-refractivity contribution is 0.102. The van der Waals surface area contributed by atoms with Gasteiger partial charge in [-0.25, -0.2) is 9.78 Å². The van der Waals surface area contributed by atoms with Crippen molar-refractivity contribution in [1.82, 2.24) is 14.1 Å². The summed E-state index contributed by atoms with van der Waals surface area (Å²) in [6.45, 7) is 0. The molecule has 0 atom stereocenters. The fraction of sp³-hybridized carbons (Fsp3) is 0.292. The van der Waals surface area contributed by atoms with Crippen molar-refractivity contribution in [2.45, 2.75) is 30.7 Å². The third kappa shape index (κ3) is 4.15. The molecule has 0 saturated heterocycles. The summed E-state index contributed by atoms with van der Waals surface area (Å²) in [5.41, 5.74) is 8.37. The lowest BCUT2D eigenvalue weighted by Gasteiger charge is -2.22. The van der Waals surface area contributed by atoms with Crippen LogP contribution in [0.4, 0.5) is 5.82 Å². The van der Waals surface area contributed by atoms with Crippen molar-refractivity contribution in [2.24, 2.45) is 14.1 Å². The first-order valence-corrected chi connectivity index (χ1v) is 12.0. The first kappa shape index (κ1) is 23.8.